The van der Waals surface area contributed by atoms with Gasteiger partial charge in [-0.25, -0.2) is 4.79 Å². The quantitative estimate of drug-likeness (QED) is 0.867. The van der Waals surface area contributed by atoms with Crippen molar-refractivity contribution in [1.29, 1.82) is 0 Å². The lowest BCUT2D eigenvalue weighted by atomic mass is 9.95. The first-order chi connectivity index (χ1) is 9.45. The molecule has 5 nitrogen and oxygen atoms in total. The van der Waals surface area contributed by atoms with Gasteiger partial charge in [0.25, 0.3) is 0 Å². The fourth-order valence-electron chi connectivity index (χ4n) is 1.94. The highest BCUT2D eigenvalue weighted by Gasteiger charge is 2.22. The van der Waals surface area contributed by atoms with Gasteiger partial charge in [-0.3, -0.25) is 15.4 Å². The summed E-state index contributed by atoms with van der Waals surface area (Å²) < 4.78 is 4.41. The minimum absolute atomic E-state index is 0.0367. The van der Waals surface area contributed by atoms with E-state index < -0.39 is 18.0 Å². The molecule has 5 heteroatoms. The van der Waals surface area contributed by atoms with Gasteiger partial charge in [-0.1, -0.05) is 44.2 Å². The number of ether oxygens (including phenoxy) is 1. The Morgan fingerprint density at radius 1 is 1.10 bits per heavy atom. The van der Waals surface area contributed by atoms with E-state index >= 15 is 0 Å². The van der Waals surface area contributed by atoms with Crippen LogP contribution >= 0.6 is 0 Å². The Hall–Kier alpha value is -1.88. The van der Waals surface area contributed by atoms with Crippen LogP contribution in [0, 0.1) is 5.92 Å². The van der Waals surface area contributed by atoms with Crippen LogP contribution in [-0.2, 0) is 9.53 Å². The molecule has 0 aromatic heterocycles. The Bertz CT molecular complexity index is 446. The molecule has 0 bridgehead atoms. The van der Waals surface area contributed by atoms with E-state index in [2.05, 4.69) is 29.2 Å². The van der Waals surface area contributed by atoms with Gasteiger partial charge in [0.15, 0.2) is 0 Å². The van der Waals surface area contributed by atoms with Gasteiger partial charge in [0.2, 0.25) is 5.91 Å². The summed E-state index contributed by atoms with van der Waals surface area (Å²) in [6, 6.07) is 9.45. The average Bonchev–Trinajstić information content (AvgIpc) is 2.44. The van der Waals surface area contributed by atoms with Crippen LogP contribution in [0.3, 0.4) is 0 Å². The van der Waals surface area contributed by atoms with Crippen LogP contribution in [0.4, 0.5) is 4.79 Å². The van der Waals surface area contributed by atoms with Crippen LogP contribution in [0.25, 0.3) is 0 Å². The van der Waals surface area contributed by atoms with Crippen molar-refractivity contribution in [3.63, 3.8) is 0 Å². The van der Waals surface area contributed by atoms with Gasteiger partial charge in [0.1, 0.15) is 0 Å². The lowest BCUT2D eigenvalue weighted by Crippen LogP contribution is -2.46. The molecule has 1 aromatic carbocycles. The van der Waals surface area contributed by atoms with Crippen molar-refractivity contribution < 1.29 is 14.3 Å². The van der Waals surface area contributed by atoms with Crippen molar-refractivity contribution in [3.8, 4) is 0 Å². The van der Waals surface area contributed by atoms with Crippen molar-refractivity contribution in [1.82, 2.24) is 10.6 Å². The molecule has 0 saturated heterocycles. The van der Waals surface area contributed by atoms with Gasteiger partial charge in [-0.2, -0.15) is 0 Å². The highest BCUT2D eigenvalue weighted by molar-refractivity contribution is 5.94. The maximum absolute atomic E-state index is 11.8. The number of nitrogens with one attached hydrogen (secondary N) is 2. The molecule has 0 saturated carbocycles. The SMILES string of the molecule is COC(=O)NC(=O)[C@H](C)N[C@H](c1ccccc1)C(C)C. The number of hydrogen-bond acceptors (Lipinski definition) is 4. The summed E-state index contributed by atoms with van der Waals surface area (Å²) in [5.41, 5.74) is 1.11. The summed E-state index contributed by atoms with van der Waals surface area (Å²) in [7, 11) is 1.22. The second-order valence-corrected chi connectivity index (χ2v) is 5.00. The van der Waals surface area contributed by atoms with E-state index in [1.165, 1.54) is 7.11 Å². The standard InChI is InChI=1S/C15H22N2O3/c1-10(2)13(12-8-6-5-7-9-12)16-11(3)14(18)17-15(19)20-4/h5-11,13,16H,1-4H3,(H,17,18,19)/t11-,13-/m0/s1. The van der Waals surface area contributed by atoms with Crippen molar-refractivity contribution in [2.24, 2.45) is 5.92 Å². The van der Waals surface area contributed by atoms with Crippen LogP contribution < -0.4 is 10.6 Å². The molecule has 0 unspecified atom stereocenters. The van der Waals surface area contributed by atoms with E-state index in [1.54, 1.807) is 6.92 Å². The van der Waals surface area contributed by atoms with Crippen LogP contribution in [0.15, 0.2) is 30.3 Å². The summed E-state index contributed by atoms with van der Waals surface area (Å²) in [6.07, 6.45) is -0.746. The third-order valence-electron chi connectivity index (χ3n) is 3.06. The molecule has 2 atom stereocenters. The molecule has 0 aliphatic carbocycles. The number of amides is 2. The monoisotopic (exact) mass is 278 g/mol. The number of imide groups is 1. The molecule has 20 heavy (non-hydrogen) atoms. The highest BCUT2D eigenvalue weighted by Crippen LogP contribution is 2.21. The van der Waals surface area contributed by atoms with Crippen molar-refractivity contribution >= 4 is 12.0 Å². The maximum Gasteiger partial charge on any atom is 0.413 e. The Morgan fingerprint density at radius 2 is 1.70 bits per heavy atom. The highest BCUT2D eigenvalue weighted by atomic mass is 16.5. The zero-order chi connectivity index (χ0) is 15.1. The molecule has 0 radical (unpaired) electrons. The first-order valence-electron chi connectivity index (χ1n) is 6.65. The molecule has 0 aliphatic heterocycles. The lowest BCUT2D eigenvalue weighted by molar-refractivity contribution is -0.122. The number of carbonyl (C=O) groups excluding carboxylic acids is 2. The van der Waals surface area contributed by atoms with Crippen LogP contribution in [0.1, 0.15) is 32.4 Å². The van der Waals surface area contributed by atoms with Gasteiger partial charge in [-0.15, -0.1) is 0 Å². The van der Waals surface area contributed by atoms with E-state index in [9.17, 15) is 9.59 Å². The summed E-state index contributed by atoms with van der Waals surface area (Å²) in [6.45, 7) is 5.88. The predicted octanol–water partition coefficient (Wildman–Crippen LogP) is 2.24. The third-order valence-corrected chi connectivity index (χ3v) is 3.06. The number of rotatable bonds is 5. The zero-order valence-electron chi connectivity index (χ0n) is 12.3. The number of benzene rings is 1. The molecule has 1 aromatic rings. The minimum atomic E-state index is -0.746. The van der Waals surface area contributed by atoms with E-state index in [0.717, 1.165) is 5.56 Å². The van der Waals surface area contributed by atoms with Crippen molar-refractivity contribution in [2.45, 2.75) is 32.9 Å². The molecule has 0 fully saturated rings. The average molecular weight is 278 g/mol. The molecule has 110 valence electrons. The summed E-state index contributed by atoms with van der Waals surface area (Å²) in [4.78, 5) is 22.9. The van der Waals surface area contributed by atoms with E-state index in [1.807, 2.05) is 30.3 Å². The lowest BCUT2D eigenvalue weighted by Gasteiger charge is -2.26. The van der Waals surface area contributed by atoms with Gasteiger partial charge in [0.05, 0.1) is 13.2 Å². The molecule has 0 spiro atoms. The molecule has 2 N–H and O–H groups in total. The molecular weight excluding hydrogens is 256 g/mol. The Morgan fingerprint density at radius 3 is 2.20 bits per heavy atom. The second-order valence-electron chi connectivity index (χ2n) is 5.00. The van der Waals surface area contributed by atoms with Crippen LogP contribution in [0.2, 0.25) is 0 Å². The number of hydrogen-bond donors (Lipinski definition) is 2. The fourth-order valence-corrected chi connectivity index (χ4v) is 1.94. The van der Waals surface area contributed by atoms with E-state index in [0.29, 0.717) is 5.92 Å². The number of alkyl carbamates (subject to hydrolysis) is 1. The molecular formula is C15H22N2O3. The molecule has 1 rings (SSSR count). The number of carbonyl (C=O) groups is 2. The van der Waals surface area contributed by atoms with Gasteiger partial charge in [0, 0.05) is 6.04 Å². The van der Waals surface area contributed by atoms with E-state index in [4.69, 9.17) is 0 Å². The van der Waals surface area contributed by atoms with Crippen molar-refractivity contribution in [3.05, 3.63) is 35.9 Å². The first-order valence-corrected chi connectivity index (χ1v) is 6.65. The number of methoxy groups -OCH3 is 1. The molecule has 0 aliphatic rings. The normalized spacial score (nSPS) is 13.7. The Balaban J connectivity index is 2.71. The minimum Gasteiger partial charge on any atom is -0.453 e. The largest absolute Gasteiger partial charge is 0.453 e. The molecule has 2 amide bonds. The summed E-state index contributed by atoms with van der Waals surface area (Å²) in [5, 5.41) is 5.40. The van der Waals surface area contributed by atoms with Gasteiger partial charge >= 0.3 is 6.09 Å². The van der Waals surface area contributed by atoms with Crippen molar-refractivity contribution in [2.75, 3.05) is 7.11 Å². The second kappa shape index (κ2) is 7.65. The summed E-state index contributed by atoms with van der Waals surface area (Å²) >= 11 is 0. The van der Waals surface area contributed by atoms with E-state index in [-0.39, 0.29) is 6.04 Å². The third kappa shape index (κ3) is 4.66. The Kier molecular flexibility index (Phi) is 6.18. The zero-order valence-corrected chi connectivity index (χ0v) is 12.3. The molecule has 0 heterocycles. The Labute approximate surface area is 119 Å². The summed E-state index contributed by atoms with van der Waals surface area (Å²) in [5.74, 6) is -0.0933. The first kappa shape index (κ1) is 16.2. The van der Waals surface area contributed by atoms with Gasteiger partial charge < -0.3 is 4.74 Å². The van der Waals surface area contributed by atoms with Crippen LogP contribution in [-0.4, -0.2) is 25.2 Å². The van der Waals surface area contributed by atoms with Crippen LogP contribution in [0.5, 0.6) is 0 Å². The topological polar surface area (TPSA) is 67.4 Å². The maximum atomic E-state index is 11.8. The fraction of sp³-hybridized carbons (Fsp3) is 0.467. The smallest absolute Gasteiger partial charge is 0.413 e. The van der Waals surface area contributed by atoms with Gasteiger partial charge in [-0.05, 0) is 18.4 Å². The predicted molar refractivity (Wildman–Crippen MR) is 77.2 cm³/mol.